The quantitative estimate of drug-likeness (QED) is 0.675. The van der Waals surface area contributed by atoms with E-state index in [1.54, 1.807) is 13.1 Å². The lowest BCUT2D eigenvalue weighted by Gasteiger charge is -2.26. The Morgan fingerprint density at radius 3 is 2.79 bits per heavy atom. The Bertz CT molecular complexity index is 982. The van der Waals surface area contributed by atoms with Crippen molar-refractivity contribution in [3.8, 4) is 0 Å². The third-order valence-corrected chi connectivity index (χ3v) is 6.25. The second kappa shape index (κ2) is 7.82. The van der Waals surface area contributed by atoms with Crippen LogP contribution >= 0.6 is 11.3 Å². The van der Waals surface area contributed by atoms with Crippen LogP contribution in [0, 0.1) is 5.92 Å². The van der Waals surface area contributed by atoms with E-state index in [1.807, 2.05) is 17.2 Å². The van der Waals surface area contributed by atoms with Crippen molar-refractivity contribution in [2.24, 2.45) is 5.92 Å². The van der Waals surface area contributed by atoms with E-state index in [9.17, 15) is 14.4 Å². The maximum Gasteiger partial charge on any atom is 0.257 e. The van der Waals surface area contributed by atoms with Crippen molar-refractivity contribution in [3.63, 3.8) is 0 Å². The molecule has 2 aliphatic rings. The average molecular weight is 414 g/mol. The van der Waals surface area contributed by atoms with Crippen molar-refractivity contribution < 1.29 is 14.4 Å². The molecular weight excluding hydrogens is 390 g/mol. The molecule has 0 radical (unpaired) electrons. The fourth-order valence-corrected chi connectivity index (χ4v) is 4.33. The predicted octanol–water partition coefficient (Wildman–Crippen LogP) is 2.61. The van der Waals surface area contributed by atoms with Gasteiger partial charge in [0.1, 0.15) is 5.82 Å². The standard InChI is InChI=1S/C20H23N5O3S/c1-3-25-7-6-15-17(20(25)28)14(10-29-15)23-13-8-16(24-18(26)11-4-5-11)22-9-12(13)19(27)21-2/h8-11H,3-7H2,1-2H3,(H,21,27)(H2,22,23,24,26). The molecule has 8 nitrogen and oxygen atoms in total. The normalized spacial score (nSPS) is 15.7. The van der Waals surface area contributed by atoms with E-state index < -0.39 is 0 Å². The molecule has 3 amide bonds. The van der Waals surface area contributed by atoms with E-state index in [0.717, 1.165) is 30.7 Å². The summed E-state index contributed by atoms with van der Waals surface area (Å²) in [5.74, 6) is 0.0647. The van der Waals surface area contributed by atoms with Crippen molar-refractivity contribution in [2.75, 3.05) is 30.8 Å². The van der Waals surface area contributed by atoms with Crippen LogP contribution in [0.25, 0.3) is 0 Å². The average Bonchev–Trinajstić information content (AvgIpc) is 3.50. The zero-order valence-corrected chi connectivity index (χ0v) is 17.2. The van der Waals surface area contributed by atoms with Gasteiger partial charge in [-0.05, 0) is 19.8 Å². The maximum atomic E-state index is 12.8. The smallest absolute Gasteiger partial charge is 0.257 e. The van der Waals surface area contributed by atoms with Gasteiger partial charge in [0.2, 0.25) is 5.91 Å². The summed E-state index contributed by atoms with van der Waals surface area (Å²) >= 11 is 1.54. The summed E-state index contributed by atoms with van der Waals surface area (Å²) < 4.78 is 0. The zero-order valence-electron chi connectivity index (χ0n) is 16.4. The van der Waals surface area contributed by atoms with E-state index in [1.165, 1.54) is 17.5 Å². The number of nitrogens with zero attached hydrogens (tertiary/aromatic N) is 2. The molecule has 0 spiro atoms. The summed E-state index contributed by atoms with van der Waals surface area (Å²) in [5.41, 5.74) is 2.16. The van der Waals surface area contributed by atoms with Crippen molar-refractivity contribution >= 4 is 46.3 Å². The van der Waals surface area contributed by atoms with Gasteiger partial charge in [-0.15, -0.1) is 11.3 Å². The summed E-state index contributed by atoms with van der Waals surface area (Å²) in [6, 6.07) is 1.64. The van der Waals surface area contributed by atoms with E-state index in [4.69, 9.17) is 0 Å². The molecule has 3 N–H and O–H groups in total. The number of fused-ring (bicyclic) bond motifs is 1. The van der Waals surface area contributed by atoms with Gasteiger partial charge in [-0.3, -0.25) is 14.4 Å². The summed E-state index contributed by atoms with van der Waals surface area (Å²) in [6.45, 7) is 3.34. The van der Waals surface area contributed by atoms with Gasteiger partial charge in [0.05, 0.1) is 22.5 Å². The van der Waals surface area contributed by atoms with E-state index in [-0.39, 0.29) is 23.6 Å². The second-order valence-corrected chi connectivity index (χ2v) is 8.13. The molecule has 1 saturated carbocycles. The number of anilines is 3. The molecule has 4 rings (SSSR count). The van der Waals surface area contributed by atoms with Gasteiger partial charge in [-0.1, -0.05) is 0 Å². The molecular formula is C20H23N5O3S. The molecule has 0 saturated heterocycles. The Kier molecular flexibility index (Phi) is 5.23. The first-order valence-electron chi connectivity index (χ1n) is 9.71. The number of aromatic nitrogens is 1. The van der Waals surface area contributed by atoms with Gasteiger partial charge in [0, 0.05) is 55.0 Å². The van der Waals surface area contributed by atoms with Crippen LogP contribution in [0.2, 0.25) is 0 Å². The first-order valence-corrected chi connectivity index (χ1v) is 10.6. The van der Waals surface area contributed by atoms with Gasteiger partial charge in [0.15, 0.2) is 0 Å². The topological polar surface area (TPSA) is 103 Å². The number of hydrogen-bond acceptors (Lipinski definition) is 6. The molecule has 152 valence electrons. The number of amides is 3. The number of pyridine rings is 1. The van der Waals surface area contributed by atoms with Crippen LogP contribution in [0.1, 0.15) is 45.4 Å². The molecule has 29 heavy (non-hydrogen) atoms. The summed E-state index contributed by atoms with van der Waals surface area (Å²) in [4.78, 5) is 44.3. The molecule has 0 aromatic carbocycles. The number of rotatable bonds is 6. The Balaban J connectivity index is 1.67. The zero-order chi connectivity index (χ0) is 20.5. The molecule has 1 fully saturated rings. The Morgan fingerprint density at radius 1 is 1.31 bits per heavy atom. The largest absolute Gasteiger partial charge is 0.355 e. The fraction of sp³-hybridized carbons (Fsp3) is 0.400. The summed E-state index contributed by atoms with van der Waals surface area (Å²) in [7, 11) is 1.55. The number of thiophene rings is 1. The molecule has 0 atom stereocenters. The molecule has 1 aliphatic heterocycles. The molecule has 3 heterocycles. The van der Waals surface area contributed by atoms with Gasteiger partial charge < -0.3 is 20.9 Å². The predicted molar refractivity (Wildman–Crippen MR) is 112 cm³/mol. The number of nitrogens with one attached hydrogen (secondary N) is 3. The van der Waals surface area contributed by atoms with Gasteiger partial charge in [-0.25, -0.2) is 4.98 Å². The minimum absolute atomic E-state index is 0.00434. The highest BCUT2D eigenvalue weighted by atomic mass is 32.1. The van der Waals surface area contributed by atoms with Crippen LogP contribution in [0.15, 0.2) is 17.6 Å². The number of hydrogen-bond donors (Lipinski definition) is 3. The lowest BCUT2D eigenvalue weighted by atomic mass is 10.1. The van der Waals surface area contributed by atoms with Crippen LogP contribution < -0.4 is 16.0 Å². The maximum absolute atomic E-state index is 12.8. The van der Waals surface area contributed by atoms with E-state index in [0.29, 0.717) is 34.9 Å². The van der Waals surface area contributed by atoms with Gasteiger partial charge >= 0.3 is 0 Å². The van der Waals surface area contributed by atoms with Crippen LogP contribution in [-0.4, -0.2) is 47.7 Å². The first kappa shape index (κ1) is 19.4. The highest BCUT2D eigenvalue weighted by Crippen LogP contribution is 2.35. The van der Waals surface area contributed by atoms with Crippen LogP contribution in [0.5, 0.6) is 0 Å². The molecule has 9 heteroatoms. The number of carbonyl (C=O) groups is 3. The second-order valence-electron chi connectivity index (χ2n) is 7.17. The SMILES string of the molecule is CCN1CCc2scc(Nc3cc(NC(=O)C4CC4)ncc3C(=O)NC)c2C1=O. The number of likely N-dealkylation sites (N-methyl/N-ethyl adjacent to an activating group) is 1. The lowest BCUT2D eigenvalue weighted by molar-refractivity contribution is -0.117. The molecule has 2 aromatic rings. The molecule has 2 aromatic heterocycles. The molecule has 1 aliphatic carbocycles. The molecule has 0 bridgehead atoms. The molecule has 0 unspecified atom stereocenters. The van der Waals surface area contributed by atoms with Crippen molar-refractivity contribution in [3.05, 3.63) is 33.6 Å². The Morgan fingerprint density at radius 2 is 2.10 bits per heavy atom. The third-order valence-electron chi connectivity index (χ3n) is 5.20. The number of carbonyl (C=O) groups excluding carboxylic acids is 3. The fourth-order valence-electron chi connectivity index (χ4n) is 3.37. The summed E-state index contributed by atoms with van der Waals surface area (Å²) in [5, 5.41) is 10.5. The van der Waals surface area contributed by atoms with Crippen molar-refractivity contribution in [1.82, 2.24) is 15.2 Å². The minimum atomic E-state index is -0.300. The van der Waals surface area contributed by atoms with Crippen LogP contribution in [0.3, 0.4) is 0 Å². The highest BCUT2D eigenvalue weighted by Gasteiger charge is 2.31. The third kappa shape index (κ3) is 3.82. The minimum Gasteiger partial charge on any atom is -0.355 e. The lowest BCUT2D eigenvalue weighted by Crippen LogP contribution is -2.36. The Hall–Kier alpha value is -2.94. The van der Waals surface area contributed by atoms with Crippen LogP contribution in [0.4, 0.5) is 17.2 Å². The van der Waals surface area contributed by atoms with E-state index >= 15 is 0 Å². The highest BCUT2D eigenvalue weighted by molar-refractivity contribution is 7.11. The van der Waals surface area contributed by atoms with Gasteiger partial charge in [-0.2, -0.15) is 0 Å². The van der Waals surface area contributed by atoms with Crippen LogP contribution in [-0.2, 0) is 11.2 Å². The monoisotopic (exact) mass is 413 g/mol. The van der Waals surface area contributed by atoms with Gasteiger partial charge in [0.25, 0.3) is 11.8 Å². The first-order chi connectivity index (χ1) is 14.0. The van der Waals surface area contributed by atoms with Crippen molar-refractivity contribution in [2.45, 2.75) is 26.2 Å². The van der Waals surface area contributed by atoms with E-state index in [2.05, 4.69) is 20.9 Å². The Labute approximate surface area is 172 Å². The van der Waals surface area contributed by atoms with Crippen molar-refractivity contribution in [1.29, 1.82) is 0 Å². The summed E-state index contributed by atoms with van der Waals surface area (Å²) in [6.07, 6.45) is 4.04.